The first kappa shape index (κ1) is 17.9. The quantitative estimate of drug-likeness (QED) is 0.814. The Morgan fingerprint density at radius 3 is 2.33 bits per heavy atom. The third kappa shape index (κ3) is 3.39. The van der Waals surface area contributed by atoms with Crippen LogP contribution in [-0.4, -0.2) is 54.6 Å². The summed E-state index contributed by atoms with van der Waals surface area (Å²) in [5.41, 5.74) is 1.82. The van der Waals surface area contributed by atoms with E-state index in [9.17, 15) is 9.59 Å². The molecule has 0 unspecified atom stereocenters. The third-order valence-corrected chi connectivity index (χ3v) is 6.17. The van der Waals surface area contributed by atoms with Gasteiger partial charge in [0.05, 0.1) is 4.88 Å². The van der Waals surface area contributed by atoms with Crippen LogP contribution in [0.15, 0.2) is 24.3 Å². The molecule has 7 heteroatoms. The van der Waals surface area contributed by atoms with Gasteiger partial charge in [-0.15, -0.1) is 11.3 Å². The fraction of sp³-hybridized carbons (Fsp3) is 0.400. The maximum atomic E-state index is 12.8. The maximum absolute atomic E-state index is 12.8. The zero-order chi connectivity index (χ0) is 19.0. The molecular weight excluding hydrogens is 364 g/mol. The molecule has 1 saturated heterocycles. The van der Waals surface area contributed by atoms with Gasteiger partial charge in [0.2, 0.25) is 6.79 Å². The second kappa shape index (κ2) is 7.23. The van der Waals surface area contributed by atoms with Gasteiger partial charge in [-0.1, -0.05) is 6.92 Å². The van der Waals surface area contributed by atoms with E-state index in [4.69, 9.17) is 9.47 Å². The molecule has 2 aliphatic heterocycles. The number of piperazine rings is 1. The number of fused-ring (bicyclic) bond motifs is 1. The molecule has 1 aromatic carbocycles. The molecule has 0 bridgehead atoms. The molecular formula is C20H22N2O4S. The fourth-order valence-corrected chi connectivity index (χ4v) is 4.54. The summed E-state index contributed by atoms with van der Waals surface area (Å²) in [6.45, 7) is 6.51. The Hall–Kier alpha value is -2.54. The van der Waals surface area contributed by atoms with Crippen molar-refractivity contribution in [2.24, 2.45) is 0 Å². The lowest BCUT2D eigenvalue weighted by Gasteiger charge is -2.34. The molecule has 1 fully saturated rings. The normalized spacial score (nSPS) is 15.9. The Labute approximate surface area is 162 Å². The summed E-state index contributed by atoms with van der Waals surface area (Å²) < 4.78 is 10.6. The van der Waals surface area contributed by atoms with Gasteiger partial charge in [0, 0.05) is 36.6 Å². The van der Waals surface area contributed by atoms with Crippen LogP contribution >= 0.6 is 11.3 Å². The number of benzene rings is 1. The van der Waals surface area contributed by atoms with Crippen molar-refractivity contribution in [3.63, 3.8) is 0 Å². The maximum Gasteiger partial charge on any atom is 0.264 e. The molecule has 6 nitrogen and oxygen atoms in total. The number of thiophene rings is 1. The van der Waals surface area contributed by atoms with E-state index in [1.165, 1.54) is 10.4 Å². The van der Waals surface area contributed by atoms with E-state index in [0.29, 0.717) is 43.2 Å². The molecule has 3 heterocycles. The topological polar surface area (TPSA) is 59.1 Å². The van der Waals surface area contributed by atoms with Gasteiger partial charge in [0.1, 0.15) is 0 Å². The fourth-order valence-electron chi connectivity index (χ4n) is 3.46. The molecule has 2 aromatic rings. The van der Waals surface area contributed by atoms with Gasteiger partial charge >= 0.3 is 0 Å². The van der Waals surface area contributed by atoms with Crippen molar-refractivity contribution in [3.8, 4) is 11.5 Å². The standard InChI is InChI=1S/C20H22N2O4S/c1-3-14-11-18(27-13(14)2)20(24)22-8-6-21(7-9-22)19(23)15-4-5-16-17(10-15)26-12-25-16/h4-5,10-11H,3,6-9,12H2,1-2H3. The highest BCUT2D eigenvalue weighted by atomic mass is 32.1. The average Bonchev–Trinajstić information content (AvgIpc) is 3.32. The van der Waals surface area contributed by atoms with Crippen molar-refractivity contribution in [2.75, 3.05) is 33.0 Å². The second-order valence-electron chi connectivity index (χ2n) is 6.70. The summed E-state index contributed by atoms with van der Waals surface area (Å²) in [5.74, 6) is 1.30. The summed E-state index contributed by atoms with van der Waals surface area (Å²) >= 11 is 1.56. The molecule has 0 atom stereocenters. The van der Waals surface area contributed by atoms with Crippen molar-refractivity contribution < 1.29 is 19.1 Å². The minimum Gasteiger partial charge on any atom is -0.454 e. The Morgan fingerprint density at radius 2 is 1.67 bits per heavy atom. The van der Waals surface area contributed by atoms with Gasteiger partial charge in [-0.3, -0.25) is 9.59 Å². The van der Waals surface area contributed by atoms with E-state index >= 15 is 0 Å². The number of amides is 2. The van der Waals surface area contributed by atoms with Gasteiger partial charge in [-0.2, -0.15) is 0 Å². The molecule has 1 aromatic heterocycles. The van der Waals surface area contributed by atoms with Gasteiger partial charge in [-0.05, 0) is 43.2 Å². The summed E-state index contributed by atoms with van der Waals surface area (Å²) in [6, 6.07) is 7.25. The highest BCUT2D eigenvalue weighted by molar-refractivity contribution is 7.14. The Balaban J connectivity index is 1.39. The molecule has 0 saturated carbocycles. The smallest absolute Gasteiger partial charge is 0.264 e. The molecule has 0 radical (unpaired) electrons. The van der Waals surface area contributed by atoms with Crippen LogP contribution in [0.5, 0.6) is 11.5 Å². The van der Waals surface area contributed by atoms with E-state index in [0.717, 1.165) is 11.3 Å². The SMILES string of the molecule is CCc1cc(C(=O)N2CCN(C(=O)c3ccc4c(c3)OCO4)CC2)sc1C. The lowest BCUT2D eigenvalue weighted by Crippen LogP contribution is -2.50. The Bertz CT molecular complexity index is 884. The first-order valence-corrected chi connectivity index (χ1v) is 9.96. The van der Waals surface area contributed by atoms with Crippen LogP contribution in [0.25, 0.3) is 0 Å². The molecule has 27 heavy (non-hydrogen) atoms. The molecule has 0 N–H and O–H groups in total. The Morgan fingerprint density at radius 1 is 1.00 bits per heavy atom. The second-order valence-corrected chi connectivity index (χ2v) is 7.95. The van der Waals surface area contributed by atoms with E-state index in [2.05, 4.69) is 13.8 Å². The third-order valence-electron chi connectivity index (χ3n) is 5.09. The van der Waals surface area contributed by atoms with Crippen molar-refractivity contribution in [1.29, 1.82) is 0 Å². The molecule has 2 aliphatic rings. The highest BCUT2D eigenvalue weighted by Crippen LogP contribution is 2.33. The van der Waals surface area contributed by atoms with Gasteiger partial charge in [0.25, 0.3) is 11.8 Å². The highest BCUT2D eigenvalue weighted by Gasteiger charge is 2.27. The number of carbonyl (C=O) groups is 2. The summed E-state index contributed by atoms with van der Waals surface area (Å²) in [6.07, 6.45) is 0.938. The monoisotopic (exact) mass is 386 g/mol. The van der Waals surface area contributed by atoms with Crippen LogP contribution in [0.2, 0.25) is 0 Å². The van der Waals surface area contributed by atoms with Crippen molar-refractivity contribution in [1.82, 2.24) is 9.80 Å². The number of nitrogens with zero attached hydrogens (tertiary/aromatic N) is 2. The van der Waals surface area contributed by atoms with Crippen LogP contribution in [0.1, 0.15) is 37.4 Å². The minimum atomic E-state index is -0.0411. The number of hydrogen-bond donors (Lipinski definition) is 0. The van der Waals surface area contributed by atoms with Gasteiger partial charge in [0.15, 0.2) is 11.5 Å². The minimum absolute atomic E-state index is 0.0411. The van der Waals surface area contributed by atoms with Crippen molar-refractivity contribution in [2.45, 2.75) is 20.3 Å². The largest absolute Gasteiger partial charge is 0.454 e. The van der Waals surface area contributed by atoms with Gasteiger partial charge in [-0.25, -0.2) is 0 Å². The summed E-state index contributed by atoms with van der Waals surface area (Å²) in [5, 5.41) is 0. The predicted molar refractivity (Wildman–Crippen MR) is 103 cm³/mol. The van der Waals surface area contributed by atoms with E-state index in [1.807, 2.05) is 11.0 Å². The Kier molecular flexibility index (Phi) is 4.78. The molecule has 2 amide bonds. The van der Waals surface area contributed by atoms with Crippen LogP contribution in [0, 0.1) is 6.92 Å². The average molecular weight is 386 g/mol. The lowest BCUT2D eigenvalue weighted by atomic mass is 10.1. The first-order chi connectivity index (χ1) is 13.1. The summed E-state index contributed by atoms with van der Waals surface area (Å²) in [7, 11) is 0. The van der Waals surface area contributed by atoms with E-state index < -0.39 is 0 Å². The van der Waals surface area contributed by atoms with Crippen molar-refractivity contribution >= 4 is 23.2 Å². The van der Waals surface area contributed by atoms with Gasteiger partial charge < -0.3 is 19.3 Å². The van der Waals surface area contributed by atoms with E-state index in [-0.39, 0.29) is 18.6 Å². The van der Waals surface area contributed by atoms with Crippen LogP contribution in [0.4, 0.5) is 0 Å². The molecule has 0 aliphatic carbocycles. The van der Waals surface area contributed by atoms with E-state index in [1.54, 1.807) is 34.4 Å². The molecule has 142 valence electrons. The lowest BCUT2D eigenvalue weighted by molar-refractivity contribution is 0.0538. The number of aryl methyl sites for hydroxylation is 2. The molecule has 4 rings (SSSR count). The number of ether oxygens (including phenoxy) is 2. The zero-order valence-electron chi connectivity index (χ0n) is 15.5. The predicted octanol–water partition coefficient (Wildman–Crippen LogP) is 2.95. The zero-order valence-corrected chi connectivity index (χ0v) is 16.3. The first-order valence-electron chi connectivity index (χ1n) is 9.14. The summed E-state index contributed by atoms with van der Waals surface area (Å²) in [4.78, 5) is 31.1. The number of carbonyl (C=O) groups excluding carboxylic acids is 2. The van der Waals surface area contributed by atoms with Crippen LogP contribution in [-0.2, 0) is 6.42 Å². The van der Waals surface area contributed by atoms with Crippen LogP contribution in [0.3, 0.4) is 0 Å². The van der Waals surface area contributed by atoms with Crippen molar-refractivity contribution in [3.05, 3.63) is 45.1 Å². The van der Waals surface area contributed by atoms with Crippen LogP contribution < -0.4 is 9.47 Å². The number of hydrogen-bond acceptors (Lipinski definition) is 5. The number of rotatable bonds is 3. The molecule has 0 spiro atoms.